The molecule has 0 fully saturated rings. The number of amides is 2. The second-order valence-corrected chi connectivity index (χ2v) is 7.49. The van der Waals surface area contributed by atoms with Crippen molar-refractivity contribution in [2.24, 2.45) is 0 Å². The maximum atomic E-state index is 12.6. The molecule has 0 bridgehead atoms. The Morgan fingerprint density at radius 3 is 2.76 bits per heavy atom. The third-order valence-corrected chi connectivity index (χ3v) is 5.50. The average molecular weight is 408 g/mol. The zero-order valence-electron chi connectivity index (χ0n) is 15.9. The van der Waals surface area contributed by atoms with Gasteiger partial charge in [-0.15, -0.1) is 11.3 Å². The van der Waals surface area contributed by atoms with Gasteiger partial charge in [0.15, 0.2) is 6.61 Å². The molecule has 0 unspecified atom stereocenters. The highest BCUT2D eigenvalue weighted by molar-refractivity contribution is 7.12. The molecule has 1 aliphatic heterocycles. The number of hydrogen-bond donors (Lipinski definition) is 1. The van der Waals surface area contributed by atoms with Crippen LogP contribution >= 0.6 is 11.3 Å². The number of hydrogen-bond acceptors (Lipinski definition) is 5. The average Bonchev–Trinajstić information content (AvgIpc) is 3.42. The van der Waals surface area contributed by atoms with Crippen molar-refractivity contribution in [3.8, 4) is 11.5 Å². The van der Waals surface area contributed by atoms with E-state index in [0.29, 0.717) is 23.7 Å². The third-order valence-electron chi connectivity index (χ3n) is 4.65. The Labute approximate surface area is 172 Å². The third kappa shape index (κ3) is 4.25. The fraction of sp³-hybridized carbons (Fsp3) is 0.182. The molecule has 148 valence electrons. The Hall–Kier alpha value is -3.32. The highest BCUT2D eigenvalue weighted by Crippen LogP contribution is 2.32. The molecule has 7 heteroatoms. The summed E-state index contributed by atoms with van der Waals surface area (Å²) in [6.45, 7) is 0.537. The van der Waals surface area contributed by atoms with Crippen LogP contribution in [0.1, 0.15) is 15.2 Å². The van der Waals surface area contributed by atoms with Crippen molar-refractivity contribution in [1.29, 1.82) is 0 Å². The molecule has 0 spiro atoms. The van der Waals surface area contributed by atoms with Crippen LogP contribution in [0.15, 0.2) is 60.0 Å². The molecule has 1 aliphatic rings. The molecule has 4 rings (SSSR count). The minimum atomic E-state index is -0.253. The first kappa shape index (κ1) is 19.0. The molecule has 1 aromatic heterocycles. The molecular formula is C22H20N2O4S. The van der Waals surface area contributed by atoms with Gasteiger partial charge < -0.3 is 19.7 Å². The summed E-state index contributed by atoms with van der Waals surface area (Å²) in [5.74, 6) is 0.999. The number of nitrogens with one attached hydrogen (secondary N) is 1. The standard InChI is InChI=1S/C22H20N2O4S/c1-27-17-4-2-5-18(13-17)28-14-21(25)23-16-7-8-19-15(12-16)9-10-24(19)22(26)20-6-3-11-29-20/h2-8,11-13H,9-10,14H2,1H3,(H,23,25). The van der Waals surface area contributed by atoms with Gasteiger partial charge in [-0.05, 0) is 53.8 Å². The summed E-state index contributed by atoms with van der Waals surface area (Å²) in [6.07, 6.45) is 0.760. The Kier molecular flexibility index (Phi) is 5.48. The SMILES string of the molecule is COc1cccc(OCC(=O)Nc2ccc3c(c2)CCN3C(=O)c2cccs2)c1. The zero-order valence-corrected chi connectivity index (χ0v) is 16.7. The number of ether oxygens (including phenoxy) is 2. The molecule has 29 heavy (non-hydrogen) atoms. The van der Waals surface area contributed by atoms with E-state index in [0.717, 1.165) is 22.5 Å². The number of nitrogens with zero attached hydrogens (tertiary/aromatic N) is 1. The van der Waals surface area contributed by atoms with Gasteiger partial charge in [0, 0.05) is 24.0 Å². The van der Waals surface area contributed by atoms with E-state index < -0.39 is 0 Å². The van der Waals surface area contributed by atoms with Gasteiger partial charge in [0.2, 0.25) is 0 Å². The highest BCUT2D eigenvalue weighted by atomic mass is 32.1. The Morgan fingerprint density at radius 2 is 1.97 bits per heavy atom. The summed E-state index contributed by atoms with van der Waals surface area (Å²) in [6, 6.07) is 16.4. The van der Waals surface area contributed by atoms with E-state index in [1.165, 1.54) is 11.3 Å². The summed E-state index contributed by atoms with van der Waals surface area (Å²) >= 11 is 1.44. The van der Waals surface area contributed by atoms with Crippen LogP contribution in [0.4, 0.5) is 11.4 Å². The number of anilines is 2. The van der Waals surface area contributed by atoms with E-state index in [1.807, 2.05) is 41.8 Å². The van der Waals surface area contributed by atoms with Gasteiger partial charge in [0.1, 0.15) is 11.5 Å². The number of fused-ring (bicyclic) bond motifs is 1. The van der Waals surface area contributed by atoms with E-state index in [1.54, 1.807) is 30.2 Å². The van der Waals surface area contributed by atoms with Crippen LogP contribution in [0.2, 0.25) is 0 Å². The smallest absolute Gasteiger partial charge is 0.268 e. The summed E-state index contributed by atoms with van der Waals surface area (Å²) in [4.78, 5) is 27.4. The molecule has 2 amide bonds. The van der Waals surface area contributed by atoms with Crippen LogP contribution in [-0.4, -0.2) is 32.1 Å². The fourth-order valence-electron chi connectivity index (χ4n) is 3.26. The maximum absolute atomic E-state index is 12.6. The molecule has 0 saturated heterocycles. The zero-order chi connectivity index (χ0) is 20.2. The number of carbonyl (C=O) groups excluding carboxylic acids is 2. The predicted molar refractivity (Wildman–Crippen MR) is 113 cm³/mol. The van der Waals surface area contributed by atoms with Crippen molar-refractivity contribution in [2.75, 3.05) is 30.5 Å². The normalized spacial score (nSPS) is 12.4. The van der Waals surface area contributed by atoms with Gasteiger partial charge >= 0.3 is 0 Å². The van der Waals surface area contributed by atoms with Gasteiger partial charge in [-0.25, -0.2) is 0 Å². The largest absolute Gasteiger partial charge is 0.497 e. The molecule has 1 N–H and O–H groups in total. The second kappa shape index (κ2) is 8.36. The molecule has 0 saturated carbocycles. The maximum Gasteiger partial charge on any atom is 0.268 e. The lowest BCUT2D eigenvalue weighted by molar-refractivity contribution is -0.118. The van der Waals surface area contributed by atoms with Crippen LogP contribution in [0.25, 0.3) is 0 Å². The van der Waals surface area contributed by atoms with Gasteiger partial charge in [-0.1, -0.05) is 12.1 Å². The number of methoxy groups -OCH3 is 1. The fourth-order valence-corrected chi connectivity index (χ4v) is 3.93. The molecule has 2 heterocycles. The van der Waals surface area contributed by atoms with Gasteiger partial charge in [0.25, 0.3) is 11.8 Å². The molecule has 0 aliphatic carbocycles. The van der Waals surface area contributed by atoms with Crippen molar-refractivity contribution in [2.45, 2.75) is 6.42 Å². The lowest BCUT2D eigenvalue weighted by Crippen LogP contribution is -2.28. The molecule has 6 nitrogen and oxygen atoms in total. The molecule has 0 atom stereocenters. The van der Waals surface area contributed by atoms with E-state index in [4.69, 9.17) is 9.47 Å². The minimum Gasteiger partial charge on any atom is -0.497 e. The van der Waals surface area contributed by atoms with E-state index in [-0.39, 0.29) is 18.4 Å². The van der Waals surface area contributed by atoms with Crippen LogP contribution in [0, 0.1) is 0 Å². The molecule has 0 radical (unpaired) electrons. The lowest BCUT2D eigenvalue weighted by Gasteiger charge is -2.16. The Balaban J connectivity index is 1.38. The summed E-state index contributed by atoms with van der Waals surface area (Å²) in [5.41, 5.74) is 2.63. The van der Waals surface area contributed by atoms with Crippen molar-refractivity contribution in [1.82, 2.24) is 0 Å². The van der Waals surface area contributed by atoms with Crippen LogP contribution < -0.4 is 19.7 Å². The predicted octanol–water partition coefficient (Wildman–Crippen LogP) is 3.98. The van der Waals surface area contributed by atoms with Gasteiger partial charge in [-0.2, -0.15) is 0 Å². The van der Waals surface area contributed by atoms with Gasteiger partial charge in [-0.3, -0.25) is 9.59 Å². The lowest BCUT2D eigenvalue weighted by atomic mass is 10.1. The molecule has 3 aromatic rings. The number of carbonyl (C=O) groups is 2. The van der Waals surface area contributed by atoms with Gasteiger partial charge in [0.05, 0.1) is 12.0 Å². The van der Waals surface area contributed by atoms with Crippen LogP contribution in [0.5, 0.6) is 11.5 Å². The first-order chi connectivity index (χ1) is 14.1. The van der Waals surface area contributed by atoms with Crippen molar-refractivity contribution in [3.05, 3.63) is 70.4 Å². The first-order valence-electron chi connectivity index (χ1n) is 9.19. The topological polar surface area (TPSA) is 67.9 Å². The quantitative estimate of drug-likeness (QED) is 0.670. The molecular weight excluding hydrogens is 388 g/mol. The molecule has 2 aromatic carbocycles. The van der Waals surface area contributed by atoms with E-state index in [2.05, 4.69) is 5.32 Å². The van der Waals surface area contributed by atoms with Crippen LogP contribution in [-0.2, 0) is 11.2 Å². The summed E-state index contributed by atoms with van der Waals surface area (Å²) in [7, 11) is 1.58. The first-order valence-corrected chi connectivity index (χ1v) is 10.1. The summed E-state index contributed by atoms with van der Waals surface area (Å²) in [5, 5.41) is 4.74. The van der Waals surface area contributed by atoms with Crippen molar-refractivity contribution < 1.29 is 19.1 Å². The highest BCUT2D eigenvalue weighted by Gasteiger charge is 2.26. The second-order valence-electron chi connectivity index (χ2n) is 6.54. The summed E-state index contributed by atoms with van der Waals surface area (Å²) < 4.78 is 10.7. The minimum absolute atomic E-state index is 0.0159. The number of rotatable bonds is 6. The monoisotopic (exact) mass is 408 g/mol. The van der Waals surface area contributed by atoms with Crippen molar-refractivity contribution >= 4 is 34.5 Å². The Bertz CT molecular complexity index is 1030. The Morgan fingerprint density at radius 1 is 1.10 bits per heavy atom. The number of benzene rings is 2. The van der Waals surface area contributed by atoms with Crippen LogP contribution in [0.3, 0.4) is 0 Å². The van der Waals surface area contributed by atoms with Crippen molar-refractivity contribution in [3.63, 3.8) is 0 Å². The van der Waals surface area contributed by atoms with E-state index >= 15 is 0 Å². The number of thiophene rings is 1. The van der Waals surface area contributed by atoms with E-state index in [9.17, 15) is 9.59 Å².